The molecule has 9 heteroatoms. The van der Waals surface area contributed by atoms with Crippen molar-refractivity contribution in [1.82, 2.24) is 9.80 Å². The first-order valence-corrected chi connectivity index (χ1v) is 13.3. The number of piperazine rings is 1. The molecule has 0 bridgehead atoms. The van der Waals surface area contributed by atoms with Gasteiger partial charge in [-0.3, -0.25) is 24.2 Å². The van der Waals surface area contributed by atoms with E-state index in [1.54, 1.807) is 12.1 Å². The molecule has 2 saturated heterocycles. The summed E-state index contributed by atoms with van der Waals surface area (Å²) in [4.78, 5) is 56.3. The Hall–Kier alpha value is -4.18. The van der Waals surface area contributed by atoms with E-state index in [-0.39, 0.29) is 36.2 Å². The number of Topliss-reactive ketones (excluding diaryl/α,β-unsaturated/α-hetero) is 1. The topological polar surface area (TPSA) is 107 Å². The summed E-state index contributed by atoms with van der Waals surface area (Å²) >= 11 is 0. The van der Waals surface area contributed by atoms with Crippen LogP contribution in [-0.2, 0) is 14.3 Å². The second-order valence-electron chi connectivity index (χ2n) is 9.88. The third-order valence-corrected chi connectivity index (χ3v) is 7.40. The van der Waals surface area contributed by atoms with Gasteiger partial charge in [0.25, 0.3) is 5.91 Å². The highest BCUT2D eigenvalue weighted by molar-refractivity contribution is 6.22. The number of anilines is 1. The van der Waals surface area contributed by atoms with E-state index in [1.807, 2.05) is 47.4 Å². The average molecular weight is 542 g/mol. The Labute approximate surface area is 232 Å². The van der Waals surface area contributed by atoms with Crippen molar-refractivity contribution >= 4 is 29.3 Å². The lowest BCUT2D eigenvalue weighted by Crippen LogP contribution is -2.52. The number of carbonyl (C=O) groups excluding carboxylic acids is 4. The molecule has 3 aromatic rings. The van der Waals surface area contributed by atoms with Crippen molar-refractivity contribution in [3.8, 4) is 11.1 Å². The molecule has 0 aliphatic carbocycles. The van der Waals surface area contributed by atoms with Crippen LogP contribution in [-0.4, -0.2) is 90.5 Å². The number of ether oxygens (including phenoxy) is 1. The van der Waals surface area contributed by atoms with Gasteiger partial charge in [-0.2, -0.15) is 0 Å². The van der Waals surface area contributed by atoms with Crippen LogP contribution in [0, 0.1) is 0 Å². The molecule has 9 nitrogen and oxygen atoms in total. The van der Waals surface area contributed by atoms with E-state index >= 15 is 0 Å². The van der Waals surface area contributed by atoms with Crippen molar-refractivity contribution in [2.24, 2.45) is 0 Å². The summed E-state index contributed by atoms with van der Waals surface area (Å²) in [5.74, 6) is -1.55. The lowest BCUT2D eigenvalue weighted by Gasteiger charge is -2.36. The summed E-state index contributed by atoms with van der Waals surface area (Å²) in [7, 11) is 0. The van der Waals surface area contributed by atoms with Gasteiger partial charge in [-0.25, -0.2) is 9.69 Å². The van der Waals surface area contributed by atoms with Crippen LogP contribution in [0.3, 0.4) is 0 Å². The van der Waals surface area contributed by atoms with Crippen molar-refractivity contribution in [2.45, 2.75) is 12.5 Å². The number of ketones is 1. The molecule has 40 heavy (non-hydrogen) atoms. The van der Waals surface area contributed by atoms with Crippen LogP contribution in [0.1, 0.15) is 27.1 Å². The van der Waals surface area contributed by atoms with Gasteiger partial charge in [0.2, 0.25) is 5.91 Å². The molecule has 1 atom stereocenters. The Morgan fingerprint density at radius 2 is 1.43 bits per heavy atom. The normalized spacial score (nSPS) is 18.2. The van der Waals surface area contributed by atoms with Crippen molar-refractivity contribution < 1.29 is 29.0 Å². The minimum Gasteiger partial charge on any atom is -0.454 e. The Morgan fingerprint density at radius 3 is 2.08 bits per heavy atom. The Morgan fingerprint density at radius 1 is 0.800 bits per heavy atom. The van der Waals surface area contributed by atoms with Gasteiger partial charge < -0.3 is 9.84 Å². The first-order chi connectivity index (χ1) is 19.4. The van der Waals surface area contributed by atoms with Gasteiger partial charge in [0.1, 0.15) is 0 Å². The van der Waals surface area contributed by atoms with Crippen LogP contribution < -0.4 is 4.90 Å². The van der Waals surface area contributed by atoms with Gasteiger partial charge >= 0.3 is 5.97 Å². The highest BCUT2D eigenvalue weighted by Crippen LogP contribution is 2.27. The van der Waals surface area contributed by atoms with E-state index in [4.69, 9.17) is 9.84 Å². The summed E-state index contributed by atoms with van der Waals surface area (Å²) in [6, 6.07) is 22.5. The van der Waals surface area contributed by atoms with Gasteiger partial charge in [-0.05, 0) is 35.4 Å². The first kappa shape index (κ1) is 27.4. The van der Waals surface area contributed by atoms with Crippen molar-refractivity contribution in [3.63, 3.8) is 0 Å². The van der Waals surface area contributed by atoms with E-state index in [0.717, 1.165) is 24.2 Å². The van der Waals surface area contributed by atoms with E-state index in [0.29, 0.717) is 30.9 Å². The molecule has 5 rings (SSSR count). The molecule has 2 aliphatic rings. The fourth-order valence-electron chi connectivity index (χ4n) is 5.14. The molecule has 3 aromatic carbocycles. The fourth-order valence-corrected chi connectivity index (χ4v) is 5.14. The second kappa shape index (κ2) is 12.3. The number of amides is 2. The molecule has 2 aliphatic heterocycles. The molecule has 206 valence electrons. The smallest absolute Gasteiger partial charge is 0.338 e. The highest BCUT2D eigenvalue weighted by Gasteiger charge is 2.43. The molecule has 0 aromatic heterocycles. The number of imide groups is 1. The zero-order valence-electron chi connectivity index (χ0n) is 22.1. The van der Waals surface area contributed by atoms with Crippen LogP contribution in [0.4, 0.5) is 5.69 Å². The lowest BCUT2D eigenvalue weighted by molar-refractivity contribution is -0.123. The Bertz CT molecular complexity index is 1370. The zero-order chi connectivity index (χ0) is 28.1. The number of aliphatic hydroxyl groups is 1. The maximum atomic E-state index is 13.1. The second-order valence-corrected chi connectivity index (χ2v) is 9.88. The molecule has 0 radical (unpaired) electrons. The number of rotatable bonds is 9. The van der Waals surface area contributed by atoms with Gasteiger partial charge in [0.15, 0.2) is 12.4 Å². The molecular weight excluding hydrogens is 510 g/mol. The molecule has 1 N–H and O–H groups in total. The number of esters is 1. The monoisotopic (exact) mass is 541 g/mol. The van der Waals surface area contributed by atoms with Crippen molar-refractivity contribution in [3.05, 3.63) is 90.0 Å². The predicted molar refractivity (Wildman–Crippen MR) is 149 cm³/mol. The van der Waals surface area contributed by atoms with E-state index in [1.165, 1.54) is 29.2 Å². The molecule has 2 fully saturated rings. The molecule has 1 unspecified atom stereocenters. The third-order valence-electron chi connectivity index (χ3n) is 7.40. The Kier molecular flexibility index (Phi) is 8.45. The van der Waals surface area contributed by atoms with E-state index in [9.17, 15) is 19.2 Å². The number of aliphatic hydroxyl groups excluding tert-OH is 1. The van der Waals surface area contributed by atoms with E-state index < -0.39 is 18.6 Å². The van der Waals surface area contributed by atoms with Crippen LogP contribution in [0.25, 0.3) is 11.1 Å². The van der Waals surface area contributed by atoms with Gasteiger partial charge in [0, 0.05) is 38.3 Å². The standard InChI is InChI=1S/C31H31N3O6/c35-19-18-32-14-16-33(17-15-32)27-20-29(37)34(30(27)38)26-12-10-25(11-13-26)31(39)40-21-28(36)24-8-6-23(7-9-24)22-4-2-1-3-5-22/h1-13,27,35H,14-21H2. The summed E-state index contributed by atoms with van der Waals surface area (Å²) in [5.41, 5.74) is 3.07. The molecule has 0 saturated carbocycles. The SMILES string of the molecule is O=C(COC(=O)c1ccc(N2C(=O)CC(N3CCN(CCO)CC3)C2=O)cc1)c1ccc(-c2ccccc2)cc1. The predicted octanol–water partition coefficient (Wildman–Crippen LogP) is 2.64. The number of hydrogen-bond donors (Lipinski definition) is 1. The van der Waals surface area contributed by atoms with Crippen LogP contribution in [0.15, 0.2) is 78.9 Å². The van der Waals surface area contributed by atoms with Crippen LogP contribution in [0.2, 0.25) is 0 Å². The largest absolute Gasteiger partial charge is 0.454 e. The van der Waals surface area contributed by atoms with Crippen LogP contribution in [0.5, 0.6) is 0 Å². The van der Waals surface area contributed by atoms with E-state index in [2.05, 4.69) is 4.90 Å². The molecule has 0 spiro atoms. The molecular formula is C31H31N3O6. The minimum atomic E-state index is -0.668. The van der Waals surface area contributed by atoms with Crippen LogP contribution >= 0.6 is 0 Å². The number of hydrogen-bond acceptors (Lipinski definition) is 8. The zero-order valence-corrected chi connectivity index (χ0v) is 22.1. The summed E-state index contributed by atoms with van der Waals surface area (Å²) in [6.07, 6.45) is 0.108. The molecule has 2 heterocycles. The van der Waals surface area contributed by atoms with Gasteiger partial charge in [-0.1, -0.05) is 54.6 Å². The number of benzene rings is 3. The maximum Gasteiger partial charge on any atom is 0.338 e. The summed E-state index contributed by atoms with van der Waals surface area (Å²) in [5, 5.41) is 9.13. The Balaban J connectivity index is 1.15. The fraction of sp³-hybridized carbons (Fsp3) is 0.290. The summed E-state index contributed by atoms with van der Waals surface area (Å²) in [6.45, 7) is 3.06. The van der Waals surface area contributed by atoms with Crippen molar-refractivity contribution in [2.75, 3.05) is 50.8 Å². The quantitative estimate of drug-likeness (QED) is 0.250. The number of carbonyl (C=O) groups is 4. The van der Waals surface area contributed by atoms with Crippen molar-refractivity contribution in [1.29, 1.82) is 0 Å². The lowest BCUT2D eigenvalue weighted by atomic mass is 10.0. The first-order valence-electron chi connectivity index (χ1n) is 13.3. The third kappa shape index (κ3) is 6.02. The van der Waals surface area contributed by atoms with Gasteiger partial charge in [-0.15, -0.1) is 0 Å². The average Bonchev–Trinajstić information content (AvgIpc) is 3.30. The number of β-amino-alcohol motifs (C(OH)–C–C–N with tert-alkyl or cyclic N) is 1. The minimum absolute atomic E-state index is 0.0947. The maximum absolute atomic E-state index is 13.1. The van der Waals surface area contributed by atoms with Gasteiger partial charge in [0.05, 0.1) is 30.3 Å². The number of nitrogens with zero attached hydrogens (tertiary/aromatic N) is 3. The molecule has 2 amide bonds. The summed E-state index contributed by atoms with van der Waals surface area (Å²) < 4.78 is 5.23. The highest BCUT2D eigenvalue weighted by atomic mass is 16.5.